The Bertz CT molecular complexity index is 581. The second kappa shape index (κ2) is 7.30. The minimum absolute atomic E-state index is 0.0151. The van der Waals surface area contributed by atoms with E-state index in [1.807, 2.05) is 31.7 Å². The molecule has 7 heteroatoms. The molecule has 1 aromatic rings. The number of piperazine rings is 1. The quantitative estimate of drug-likeness (QED) is 0.665. The highest BCUT2D eigenvalue weighted by molar-refractivity contribution is 5.78. The molecular formula is C16H24N4O3. The van der Waals surface area contributed by atoms with Crippen LogP contribution in [0.15, 0.2) is 18.2 Å². The minimum Gasteiger partial charge on any atom is -0.380 e. The molecule has 1 fully saturated rings. The van der Waals surface area contributed by atoms with E-state index < -0.39 is 0 Å². The fourth-order valence-electron chi connectivity index (χ4n) is 2.76. The number of nitro groups is 1. The lowest BCUT2D eigenvalue weighted by Gasteiger charge is -2.37. The second-order valence-electron chi connectivity index (χ2n) is 5.96. The van der Waals surface area contributed by atoms with Crippen LogP contribution in [0.25, 0.3) is 0 Å². The van der Waals surface area contributed by atoms with Crippen LogP contribution in [0.5, 0.6) is 0 Å². The largest absolute Gasteiger partial charge is 0.380 e. The lowest BCUT2D eigenvalue weighted by molar-refractivity contribution is -0.383. The van der Waals surface area contributed by atoms with Gasteiger partial charge in [0.1, 0.15) is 5.69 Å². The van der Waals surface area contributed by atoms with Gasteiger partial charge in [0.2, 0.25) is 5.91 Å². The molecule has 0 aliphatic carbocycles. The zero-order valence-electron chi connectivity index (χ0n) is 13.9. The Hall–Kier alpha value is -2.31. The Morgan fingerprint density at radius 2 is 1.96 bits per heavy atom. The van der Waals surface area contributed by atoms with Gasteiger partial charge in [-0.2, -0.15) is 0 Å². The van der Waals surface area contributed by atoms with Crippen LogP contribution < -0.4 is 10.2 Å². The van der Waals surface area contributed by atoms with Crippen molar-refractivity contribution < 1.29 is 9.72 Å². The van der Waals surface area contributed by atoms with Gasteiger partial charge in [-0.15, -0.1) is 0 Å². The van der Waals surface area contributed by atoms with Gasteiger partial charge in [-0.1, -0.05) is 13.8 Å². The van der Waals surface area contributed by atoms with Crippen molar-refractivity contribution in [3.63, 3.8) is 0 Å². The average molecular weight is 320 g/mol. The van der Waals surface area contributed by atoms with E-state index in [0.29, 0.717) is 25.3 Å². The van der Waals surface area contributed by atoms with E-state index in [2.05, 4.69) is 10.2 Å². The molecule has 0 aromatic heterocycles. The summed E-state index contributed by atoms with van der Waals surface area (Å²) in [6.45, 7) is 9.20. The number of amides is 1. The summed E-state index contributed by atoms with van der Waals surface area (Å²) in [5.74, 6) is 0.197. The van der Waals surface area contributed by atoms with Crippen molar-refractivity contribution in [2.24, 2.45) is 5.92 Å². The molecule has 1 N–H and O–H groups in total. The van der Waals surface area contributed by atoms with Crippen molar-refractivity contribution in [3.8, 4) is 0 Å². The molecule has 1 aliphatic heterocycles. The number of anilines is 2. The zero-order chi connectivity index (χ0) is 17.0. The van der Waals surface area contributed by atoms with E-state index >= 15 is 0 Å². The van der Waals surface area contributed by atoms with E-state index in [1.165, 1.54) is 0 Å². The lowest BCUT2D eigenvalue weighted by Crippen LogP contribution is -2.49. The number of benzene rings is 1. The van der Waals surface area contributed by atoms with Crippen LogP contribution in [0.1, 0.15) is 20.8 Å². The molecule has 1 heterocycles. The molecule has 0 atom stereocenters. The highest BCUT2D eigenvalue weighted by atomic mass is 16.6. The molecule has 2 rings (SSSR count). The van der Waals surface area contributed by atoms with Crippen molar-refractivity contribution in [1.29, 1.82) is 0 Å². The van der Waals surface area contributed by atoms with Gasteiger partial charge in [0.15, 0.2) is 0 Å². The van der Waals surface area contributed by atoms with Gasteiger partial charge < -0.3 is 15.1 Å². The van der Waals surface area contributed by atoms with Crippen molar-refractivity contribution in [2.75, 3.05) is 42.9 Å². The summed E-state index contributed by atoms with van der Waals surface area (Å²) in [4.78, 5) is 26.8. The van der Waals surface area contributed by atoms with E-state index in [9.17, 15) is 14.9 Å². The Balaban J connectivity index is 2.10. The van der Waals surface area contributed by atoms with Crippen molar-refractivity contribution in [2.45, 2.75) is 20.8 Å². The van der Waals surface area contributed by atoms with Crippen molar-refractivity contribution in [3.05, 3.63) is 28.3 Å². The van der Waals surface area contributed by atoms with E-state index in [4.69, 9.17) is 0 Å². The number of rotatable bonds is 5. The van der Waals surface area contributed by atoms with Crippen LogP contribution >= 0.6 is 0 Å². The predicted octanol–water partition coefficient (Wildman–Crippen LogP) is 2.33. The van der Waals surface area contributed by atoms with Gasteiger partial charge in [-0.05, 0) is 19.1 Å². The summed E-state index contributed by atoms with van der Waals surface area (Å²) in [6, 6.07) is 5.14. The fourth-order valence-corrected chi connectivity index (χ4v) is 2.76. The first-order chi connectivity index (χ1) is 10.9. The summed E-state index contributed by atoms with van der Waals surface area (Å²) in [7, 11) is 0. The molecule has 1 saturated heterocycles. The molecule has 126 valence electrons. The molecule has 0 radical (unpaired) electrons. The highest BCUT2D eigenvalue weighted by Gasteiger charge is 2.24. The first kappa shape index (κ1) is 17.1. The first-order valence-corrected chi connectivity index (χ1v) is 8.00. The number of nitrogens with zero attached hydrogens (tertiary/aromatic N) is 3. The van der Waals surface area contributed by atoms with Gasteiger partial charge >= 0.3 is 0 Å². The minimum atomic E-state index is -0.374. The van der Waals surface area contributed by atoms with Gasteiger partial charge in [0.05, 0.1) is 4.92 Å². The Morgan fingerprint density at radius 1 is 1.30 bits per heavy atom. The molecule has 23 heavy (non-hydrogen) atoms. The third-order valence-electron chi connectivity index (χ3n) is 3.99. The fraction of sp³-hybridized carbons (Fsp3) is 0.562. The third kappa shape index (κ3) is 3.91. The maximum atomic E-state index is 12.0. The summed E-state index contributed by atoms with van der Waals surface area (Å²) in [5.41, 5.74) is 1.57. The van der Waals surface area contributed by atoms with Crippen LogP contribution in [0, 0.1) is 16.0 Å². The summed E-state index contributed by atoms with van der Waals surface area (Å²) >= 11 is 0. The van der Waals surface area contributed by atoms with E-state index in [-0.39, 0.29) is 22.4 Å². The van der Waals surface area contributed by atoms with Crippen LogP contribution in [0.3, 0.4) is 0 Å². The van der Waals surface area contributed by atoms with Crippen LogP contribution in [-0.4, -0.2) is 48.5 Å². The van der Waals surface area contributed by atoms with E-state index in [0.717, 1.165) is 18.8 Å². The molecule has 0 spiro atoms. The molecule has 0 bridgehead atoms. The van der Waals surface area contributed by atoms with Crippen LogP contribution in [0.2, 0.25) is 0 Å². The zero-order valence-corrected chi connectivity index (χ0v) is 13.9. The average Bonchev–Trinajstić information content (AvgIpc) is 2.54. The number of hydrogen-bond acceptors (Lipinski definition) is 5. The number of carbonyl (C=O) groups excluding carboxylic acids is 1. The van der Waals surface area contributed by atoms with Gasteiger partial charge in [-0.25, -0.2) is 0 Å². The summed E-state index contributed by atoms with van der Waals surface area (Å²) < 4.78 is 0. The normalized spacial score (nSPS) is 15.0. The Labute approximate surface area is 136 Å². The smallest absolute Gasteiger partial charge is 0.292 e. The van der Waals surface area contributed by atoms with E-state index in [1.54, 1.807) is 12.1 Å². The second-order valence-corrected chi connectivity index (χ2v) is 5.96. The third-order valence-corrected chi connectivity index (χ3v) is 3.99. The predicted molar refractivity (Wildman–Crippen MR) is 90.9 cm³/mol. The maximum Gasteiger partial charge on any atom is 0.292 e. The highest BCUT2D eigenvalue weighted by Crippen LogP contribution is 2.30. The van der Waals surface area contributed by atoms with Crippen molar-refractivity contribution >= 4 is 23.0 Å². The van der Waals surface area contributed by atoms with Gasteiger partial charge in [0, 0.05) is 50.4 Å². The summed E-state index contributed by atoms with van der Waals surface area (Å²) in [5, 5.41) is 14.1. The van der Waals surface area contributed by atoms with Crippen molar-refractivity contribution in [1.82, 2.24) is 4.90 Å². The number of nitro benzene ring substituents is 1. The molecule has 7 nitrogen and oxygen atoms in total. The molecular weight excluding hydrogens is 296 g/mol. The van der Waals surface area contributed by atoms with Gasteiger partial charge in [-0.3, -0.25) is 14.9 Å². The molecule has 1 amide bonds. The summed E-state index contributed by atoms with van der Waals surface area (Å²) in [6.07, 6.45) is 0. The lowest BCUT2D eigenvalue weighted by atomic mass is 10.1. The van der Waals surface area contributed by atoms with Crippen LogP contribution in [-0.2, 0) is 4.79 Å². The Morgan fingerprint density at radius 3 is 2.48 bits per heavy atom. The molecule has 0 saturated carbocycles. The van der Waals surface area contributed by atoms with Crippen LogP contribution in [0.4, 0.5) is 17.1 Å². The number of nitrogens with one attached hydrogen (secondary N) is 1. The standard InChI is InChI=1S/C16H24N4O3/c1-4-17-14-11-13(5-6-15(14)20(22)23)18-7-9-19(10-8-18)16(21)12(2)3/h5-6,11-12,17H,4,7-10H2,1-3H3. The van der Waals surface area contributed by atoms with Gasteiger partial charge in [0.25, 0.3) is 5.69 Å². The topological polar surface area (TPSA) is 78.7 Å². The molecule has 1 aliphatic rings. The first-order valence-electron chi connectivity index (χ1n) is 8.00. The number of carbonyl (C=O) groups is 1. The monoisotopic (exact) mass is 320 g/mol. The SMILES string of the molecule is CCNc1cc(N2CCN(C(=O)C(C)C)CC2)ccc1[N+](=O)[O-]. The Kier molecular flexibility index (Phi) is 5.41. The molecule has 1 aromatic carbocycles. The molecule has 0 unspecified atom stereocenters. The number of hydrogen-bond donors (Lipinski definition) is 1. The maximum absolute atomic E-state index is 12.0.